The van der Waals surface area contributed by atoms with Crippen LogP contribution < -0.4 is 4.74 Å². The molecule has 1 fully saturated rings. The fraction of sp³-hybridized carbons (Fsp3) is 0.385. The van der Waals surface area contributed by atoms with Crippen molar-refractivity contribution >= 4 is 17.4 Å². The van der Waals surface area contributed by atoms with Crippen molar-refractivity contribution in [3.05, 3.63) is 71.3 Å². The van der Waals surface area contributed by atoms with Crippen LogP contribution >= 0.6 is 0 Å². The standard InChI is InChI=1S/C26H32N2O4/c1-4-27(5-2)16-11-17-28-23(20-14-10-15-21(18-20)32-6-3)22(25(30)26(28)31)24(29)19-12-8-7-9-13-19/h7-10,12-15,18,23,29H,4-6,11,16-17H2,1-3H3/b24-22+. The smallest absolute Gasteiger partial charge is 0.295 e. The number of ketones is 1. The largest absolute Gasteiger partial charge is 0.507 e. The molecule has 0 saturated carbocycles. The van der Waals surface area contributed by atoms with E-state index >= 15 is 0 Å². The number of likely N-dealkylation sites (tertiary alicyclic amines) is 1. The maximum atomic E-state index is 13.1. The van der Waals surface area contributed by atoms with E-state index in [1.165, 1.54) is 0 Å². The quantitative estimate of drug-likeness (QED) is 0.343. The lowest BCUT2D eigenvalue weighted by atomic mass is 9.95. The minimum absolute atomic E-state index is 0.123. The van der Waals surface area contributed by atoms with E-state index in [1.54, 1.807) is 29.2 Å². The number of carbonyl (C=O) groups is 2. The van der Waals surface area contributed by atoms with E-state index in [0.29, 0.717) is 24.5 Å². The van der Waals surface area contributed by atoms with Gasteiger partial charge in [-0.2, -0.15) is 0 Å². The van der Waals surface area contributed by atoms with Crippen LogP contribution in [0.25, 0.3) is 5.76 Å². The number of amides is 1. The molecule has 0 bridgehead atoms. The second kappa shape index (κ2) is 11.0. The highest BCUT2D eigenvalue weighted by Crippen LogP contribution is 2.40. The molecule has 1 atom stereocenters. The molecule has 1 unspecified atom stereocenters. The highest BCUT2D eigenvalue weighted by atomic mass is 16.5. The predicted octanol–water partition coefficient (Wildman–Crippen LogP) is 4.24. The van der Waals surface area contributed by atoms with Crippen molar-refractivity contribution in [2.24, 2.45) is 0 Å². The third kappa shape index (κ3) is 5.02. The molecule has 3 rings (SSSR count). The second-order valence-corrected chi connectivity index (χ2v) is 7.74. The van der Waals surface area contributed by atoms with Crippen LogP contribution in [0, 0.1) is 0 Å². The average Bonchev–Trinajstić information content (AvgIpc) is 3.07. The van der Waals surface area contributed by atoms with Crippen molar-refractivity contribution in [2.75, 3.05) is 32.8 Å². The van der Waals surface area contributed by atoms with Crippen LogP contribution in [0.3, 0.4) is 0 Å². The van der Waals surface area contributed by atoms with E-state index in [0.717, 1.165) is 31.6 Å². The van der Waals surface area contributed by atoms with E-state index in [4.69, 9.17) is 4.74 Å². The number of ether oxygens (including phenoxy) is 1. The summed E-state index contributed by atoms with van der Waals surface area (Å²) in [6.07, 6.45) is 0.738. The lowest BCUT2D eigenvalue weighted by Crippen LogP contribution is -2.33. The van der Waals surface area contributed by atoms with Gasteiger partial charge in [-0.3, -0.25) is 9.59 Å². The summed E-state index contributed by atoms with van der Waals surface area (Å²) >= 11 is 0. The van der Waals surface area contributed by atoms with Crippen molar-refractivity contribution in [3.63, 3.8) is 0 Å². The Hall–Kier alpha value is -3.12. The van der Waals surface area contributed by atoms with Gasteiger partial charge in [0.25, 0.3) is 11.7 Å². The van der Waals surface area contributed by atoms with Gasteiger partial charge in [-0.15, -0.1) is 0 Å². The number of hydrogen-bond acceptors (Lipinski definition) is 5. The third-order valence-electron chi connectivity index (χ3n) is 5.84. The Kier molecular flexibility index (Phi) is 8.06. The number of rotatable bonds is 10. The van der Waals surface area contributed by atoms with Crippen LogP contribution in [-0.2, 0) is 9.59 Å². The number of benzene rings is 2. The van der Waals surface area contributed by atoms with E-state index in [1.807, 2.05) is 37.3 Å². The molecule has 1 aliphatic heterocycles. The second-order valence-electron chi connectivity index (χ2n) is 7.74. The lowest BCUT2D eigenvalue weighted by molar-refractivity contribution is -0.140. The Labute approximate surface area is 190 Å². The summed E-state index contributed by atoms with van der Waals surface area (Å²) < 4.78 is 5.64. The van der Waals surface area contributed by atoms with E-state index in [2.05, 4.69) is 18.7 Å². The first-order valence-electron chi connectivity index (χ1n) is 11.3. The van der Waals surface area contributed by atoms with Gasteiger partial charge in [0.05, 0.1) is 18.2 Å². The van der Waals surface area contributed by atoms with Gasteiger partial charge in [0.2, 0.25) is 0 Å². The summed E-state index contributed by atoms with van der Waals surface area (Å²) in [4.78, 5) is 30.0. The zero-order valence-corrected chi connectivity index (χ0v) is 19.1. The number of hydrogen-bond donors (Lipinski definition) is 1. The van der Waals surface area contributed by atoms with Gasteiger partial charge in [-0.1, -0.05) is 56.3 Å². The number of aliphatic hydroxyl groups excluding tert-OH is 1. The van der Waals surface area contributed by atoms with E-state index in [9.17, 15) is 14.7 Å². The first kappa shape index (κ1) is 23.5. The fourth-order valence-corrected chi connectivity index (χ4v) is 4.15. The van der Waals surface area contributed by atoms with Gasteiger partial charge in [-0.25, -0.2) is 0 Å². The maximum absolute atomic E-state index is 13.1. The van der Waals surface area contributed by atoms with E-state index < -0.39 is 17.7 Å². The van der Waals surface area contributed by atoms with Gasteiger partial charge in [-0.05, 0) is 50.7 Å². The summed E-state index contributed by atoms with van der Waals surface area (Å²) in [6, 6.07) is 15.6. The Morgan fingerprint density at radius 2 is 1.75 bits per heavy atom. The van der Waals surface area contributed by atoms with Crippen molar-refractivity contribution in [1.29, 1.82) is 0 Å². The van der Waals surface area contributed by atoms with Gasteiger partial charge < -0.3 is 19.6 Å². The van der Waals surface area contributed by atoms with Crippen LogP contribution in [0.2, 0.25) is 0 Å². The number of carbonyl (C=O) groups excluding carboxylic acids is 2. The van der Waals surface area contributed by atoms with Crippen LogP contribution in [0.15, 0.2) is 60.2 Å². The molecule has 0 spiro atoms. The fourth-order valence-electron chi connectivity index (χ4n) is 4.15. The summed E-state index contributed by atoms with van der Waals surface area (Å²) in [5.74, 6) is -0.713. The average molecular weight is 437 g/mol. The minimum atomic E-state index is -0.660. The summed E-state index contributed by atoms with van der Waals surface area (Å²) in [6.45, 7) is 9.76. The van der Waals surface area contributed by atoms with Crippen LogP contribution in [0.4, 0.5) is 0 Å². The SMILES string of the molecule is CCOc1cccc(C2/C(=C(\O)c3ccccc3)C(=O)C(=O)N2CCCN(CC)CC)c1. The van der Waals surface area contributed by atoms with Crippen LogP contribution in [0.5, 0.6) is 5.75 Å². The number of aliphatic hydroxyl groups is 1. The Balaban J connectivity index is 2.03. The number of nitrogens with zero attached hydrogens (tertiary/aromatic N) is 2. The minimum Gasteiger partial charge on any atom is -0.507 e. The van der Waals surface area contributed by atoms with Crippen LogP contribution in [-0.4, -0.2) is 59.4 Å². The van der Waals surface area contributed by atoms with Crippen molar-refractivity contribution in [2.45, 2.75) is 33.2 Å². The lowest BCUT2D eigenvalue weighted by Gasteiger charge is -2.27. The highest BCUT2D eigenvalue weighted by Gasteiger charge is 2.45. The van der Waals surface area contributed by atoms with Gasteiger partial charge in [0.1, 0.15) is 11.5 Å². The topological polar surface area (TPSA) is 70.1 Å². The summed E-state index contributed by atoms with van der Waals surface area (Å²) in [5.41, 5.74) is 1.38. The Morgan fingerprint density at radius 1 is 1.03 bits per heavy atom. The molecule has 1 N–H and O–H groups in total. The molecule has 170 valence electrons. The highest BCUT2D eigenvalue weighted by molar-refractivity contribution is 6.46. The molecular formula is C26H32N2O4. The molecule has 2 aromatic carbocycles. The maximum Gasteiger partial charge on any atom is 0.295 e. The molecule has 1 saturated heterocycles. The molecule has 0 aromatic heterocycles. The molecular weight excluding hydrogens is 404 g/mol. The molecule has 2 aromatic rings. The zero-order chi connectivity index (χ0) is 23.1. The zero-order valence-electron chi connectivity index (χ0n) is 19.1. The number of Topliss-reactive ketones (excluding diaryl/α,β-unsaturated/α-hetero) is 1. The van der Waals surface area contributed by atoms with Gasteiger partial charge in [0.15, 0.2) is 0 Å². The molecule has 0 aliphatic carbocycles. The molecule has 1 aliphatic rings. The van der Waals surface area contributed by atoms with Crippen LogP contribution in [0.1, 0.15) is 44.4 Å². The monoisotopic (exact) mass is 436 g/mol. The third-order valence-corrected chi connectivity index (χ3v) is 5.84. The van der Waals surface area contributed by atoms with Crippen molar-refractivity contribution < 1.29 is 19.4 Å². The summed E-state index contributed by atoms with van der Waals surface area (Å²) in [7, 11) is 0. The predicted molar refractivity (Wildman–Crippen MR) is 125 cm³/mol. The molecule has 1 amide bonds. The van der Waals surface area contributed by atoms with Crippen molar-refractivity contribution in [3.8, 4) is 5.75 Å². The first-order valence-corrected chi connectivity index (χ1v) is 11.3. The molecule has 32 heavy (non-hydrogen) atoms. The van der Waals surface area contributed by atoms with Gasteiger partial charge in [0, 0.05) is 12.1 Å². The molecule has 0 radical (unpaired) electrons. The molecule has 6 heteroatoms. The molecule has 6 nitrogen and oxygen atoms in total. The van der Waals surface area contributed by atoms with Gasteiger partial charge >= 0.3 is 0 Å². The van der Waals surface area contributed by atoms with Crippen molar-refractivity contribution in [1.82, 2.24) is 9.80 Å². The van der Waals surface area contributed by atoms with E-state index in [-0.39, 0.29) is 11.3 Å². The molecule has 1 heterocycles. The normalized spacial score (nSPS) is 17.9. The Morgan fingerprint density at radius 3 is 2.41 bits per heavy atom. The first-order chi connectivity index (χ1) is 15.5. The summed E-state index contributed by atoms with van der Waals surface area (Å²) in [5, 5.41) is 11.1. The Bertz CT molecular complexity index is 967.